The van der Waals surface area contributed by atoms with Crippen molar-refractivity contribution in [1.82, 2.24) is 4.57 Å². The molecule has 0 aliphatic rings. The predicted molar refractivity (Wildman–Crippen MR) is 231 cm³/mol. The van der Waals surface area contributed by atoms with Crippen molar-refractivity contribution < 1.29 is 4.42 Å². The summed E-state index contributed by atoms with van der Waals surface area (Å²) >= 11 is 0. The van der Waals surface area contributed by atoms with Gasteiger partial charge in [0.25, 0.3) is 0 Å². The second kappa shape index (κ2) is 12.6. The minimum atomic E-state index is 0.854. The number of rotatable bonds is 6. The Hall–Kier alpha value is -7.36. The van der Waals surface area contributed by atoms with Gasteiger partial charge in [-0.25, -0.2) is 0 Å². The second-order valence-electron chi connectivity index (χ2n) is 14.1. The van der Waals surface area contributed by atoms with Gasteiger partial charge >= 0.3 is 0 Å². The van der Waals surface area contributed by atoms with Gasteiger partial charge < -0.3 is 13.9 Å². The molecule has 9 aromatic carbocycles. The Kier molecular flexibility index (Phi) is 7.17. The molecule has 0 bridgehead atoms. The molecule has 0 radical (unpaired) electrons. The molecule has 2 aromatic heterocycles. The fourth-order valence-corrected chi connectivity index (χ4v) is 8.53. The zero-order chi connectivity index (χ0) is 36.3. The molecule has 0 amide bonds. The zero-order valence-electron chi connectivity index (χ0n) is 29.9. The fraction of sp³-hybridized carbons (Fsp3) is 0. The molecule has 0 aliphatic heterocycles. The van der Waals surface area contributed by atoms with Gasteiger partial charge in [-0.15, -0.1) is 0 Å². The first-order valence-corrected chi connectivity index (χ1v) is 18.8. The van der Waals surface area contributed by atoms with E-state index in [9.17, 15) is 0 Å². The first-order chi connectivity index (χ1) is 27.3. The van der Waals surface area contributed by atoms with Crippen LogP contribution >= 0.6 is 0 Å². The summed E-state index contributed by atoms with van der Waals surface area (Å²) in [6, 6.07) is 73.7. The standard InChI is InChI=1S/C52H34N2O/c1-4-15-35(16-5-1)36-27-29-39(30-28-36)53(47-25-14-26-48-52(47)43-23-12-13-24-46(43)54(48)38-19-8-3-9-20-38)40-31-32-44-49(33-40)55-50-34-45(37-17-6-2-7-18-37)41-21-10-11-22-42(41)51(44)50/h1-34H. The van der Waals surface area contributed by atoms with E-state index in [0.717, 1.165) is 50.2 Å². The lowest BCUT2D eigenvalue weighted by molar-refractivity contribution is 0.669. The van der Waals surface area contributed by atoms with E-state index in [2.05, 4.69) is 216 Å². The van der Waals surface area contributed by atoms with Crippen molar-refractivity contribution in [3.05, 3.63) is 206 Å². The summed E-state index contributed by atoms with van der Waals surface area (Å²) in [6.45, 7) is 0. The number of anilines is 3. The van der Waals surface area contributed by atoms with Gasteiger partial charge in [0.1, 0.15) is 11.2 Å². The lowest BCUT2D eigenvalue weighted by Crippen LogP contribution is -2.10. The molecule has 2 heterocycles. The summed E-state index contributed by atoms with van der Waals surface area (Å²) in [7, 11) is 0. The molecule has 0 unspecified atom stereocenters. The molecule has 0 saturated heterocycles. The van der Waals surface area contributed by atoms with Crippen molar-refractivity contribution in [2.45, 2.75) is 0 Å². The maximum Gasteiger partial charge on any atom is 0.137 e. The van der Waals surface area contributed by atoms with Gasteiger partial charge in [-0.3, -0.25) is 0 Å². The number of fused-ring (bicyclic) bond motifs is 8. The van der Waals surface area contributed by atoms with Gasteiger partial charge in [0, 0.05) is 44.7 Å². The Bertz CT molecular complexity index is 3180. The lowest BCUT2D eigenvalue weighted by atomic mass is 9.95. The third-order valence-electron chi connectivity index (χ3n) is 11.0. The molecule has 11 aromatic rings. The summed E-state index contributed by atoms with van der Waals surface area (Å²) in [5.41, 5.74) is 13.1. The van der Waals surface area contributed by atoms with Crippen LogP contribution in [0.2, 0.25) is 0 Å². The molecular formula is C52H34N2O. The van der Waals surface area contributed by atoms with Crippen molar-refractivity contribution >= 4 is 71.6 Å². The predicted octanol–water partition coefficient (Wildman–Crippen LogP) is 14.6. The van der Waals surface area contributed by atoms with Crippen LogP contribution < -0.4 is 4.90 Å². The van der Waals surface area contributed by atoms with E-state index in [1.54, 1.807) is 0 Å². The quantitative estimate of drug-likeness (QED) is 0.172. The lowest BCUT2D eigenvalue weighted by Gasteiger charge is -2.27. The Morgan fingerprint density at radius 3 is 1.73 bits per heavy atom. The molecule has 11 rings (SSSR count). The van der Waals surface area contributed by atoms with Crippen molar-refractivity contribution in [2.24, 2.45) is 0 Å². The number of hydrogen-bond acceptors (Lipinski definition) is 2. The maximum absolute atomic E-state index is 6.85. The Balaban J connectivity index is 1.16. The van der Waals surface area contributed by atoms with Crippen LogP contribution in [0, 0.1) is 0 Å². The van der Waals surface area contributed by atoms with Gasteiger partial charge in [-0.2, -0.15) is 0 Å². The van der Waals surface area contributed by atoms with Crippen LogP contribution in [0.3, 0.4) is 0 Å². The maximum atomic E-state index is 6.85. The van der Waals surface area contributed by atoms with Crippen LogP contribution in [0.1, 0.15) is 0 Å². The second-order valence-corrected chi connectivity index (χ2v) is 14.1. The number of benzene rings is 9. The third kappa shape index (κ3) is 5.05. The van der Waals surface area contributed by atoms with Crippen LogP contribution in [-0.4, -0.2) is 4.57 Å². The molecule has 0 spiro atoms. The molecule has 3 nitrogen and oxygen atoms in total. The minimum absolute atomic E-state index is 0.854. The summed E-state index contributed by atoms with van der Waals surface area (Å²) in [5.74, 6) is 0. The number of furan rings is 1. The van der Waals surface area contributed by atoms with Crippen LogP contribution in [-0.2, 0) is 0 Å². The molecule has 0 aliphatic carbocycles. The molecule has 0 atom stereocenters. The van der Waals surface area contributed by atoms with Crippen molar-refractivity contribution in [3.63, 3.8) is 0 Å². The van der Waals surface area contributed by atoms with E-state index >= 15 is 0 Å². The van der Waals surface area contributed by atoms with Crippen LogP contribution in [0.15, 0.2) is 211 Å². The van der Waals surface area contributed by atoms with Gasteiger partial charge in [-0.1, -0.05) is 140 Å². The minimum Gasteiger partial charge on any atom is -0.456 e. The molecular weight excluding hydrogens is 669 g/mol. The van der Waals surface area contributed by atoms with Crippen LogP contribution in [0.4, 0.5) is 17.1 Å². The average molecular weight is 703 g/mol. The number of nitrogens with zero attached hydrogens (tertiary/aromatic N) is 2. The smallest absolute Gasteiger partial charge is 0.137 e. The SMILES string of the molecule is c1ccc(-c2ccc(N(c3ccc4c(c3)oc3cc(-c5ccccc5)c5ccccc5c34)c3cccc4c3c3ccccc3n4-c3ccccc3)cc2)cc1. The fourth-order valence-electron chi connectivity index (χ4n) is 8.53. The normalized spacial score (nSPS) is 11.6. The summed E-state index contributed by atoms with van der Waals surface area (Å²) < 4.78 is 9.23. The highest BCUT2D eigenvalue weighted by atomic mass is 16.3. The first kappa shape index (κ1) is 31.2. The van der Waals surface area contributed by atoms with Gasteiger partial charge in [-0.05, 0) is 93.7 Å². The van der Waals surface area contributed by atoms with E-state index in [0.29, 0.717) is 0 Å². The van der Waals surface area contributed by atoms with E-state index in [1.807, 2.05) is 0 Å². The highest BCUT2D eigenvalue weighted by Crippen LogP contribution is 2.46. The Labute approximate surface area is 318 Å². The van der Waals surface area contributed by atoms with Crippen molar-refractivity contribution in [2.75, 3.05) is 4.90 Å². The largest absolute Gasteiger partial charge is 0.456 e. The topological polar surface area (TPSA) is 21.3 Å². The molecule has 0 saturated carbocycles. The number of aromatic nitrogens is 1. The number of hydrogen-bond donors (Lipinski definition) is 0. The number of para-hydroxylation sites is 2. The molecule has 0 fully saturated rings. The highest BCUT2D eigenvalue weighted by Gasteiger charge is 2.23. The van der Waals surface area contributed by atoms with Crippen LogP contribution in [0.5, 0.6) is 0 Å². The zero-order valence-corrected chi connectivity index (χ0v) is 29.9. The highest BCUT2D eigenvalue weighted by molar-refractivity contribution is 6.23. The van der Waals surface area contributed by atoms with Gasteiger partial charge in [0.05, 0.1) is 16.7 Å². The molecule has 3 heteroatoms. The molecule has 55 heavy (non-hydrogen) atoms. The van der Waals surface area contributed by atoms with E-state index in [4.69, 9.17) is 4.42 Å². The van der Waals surface area contributed by atoms with E-state index in [1.165, 1.54) is 49.3 Å². The summed E-state index contributed by atoms with van der Waals surface area (Å²) in [5, 5.41) is 7.05. The van der Waals surface area contributed by atoms with Gasteiger partial charge in [0.15, 0.2) is 0 Å². The van der Waals surface area contributed by atoms with E-state index < -0.39 is 0 Å². The monoisotopic (exact) mass is 702 g/mol. The first-order valence-electron chi connectivity index (χ1n) is 18.8. The van der Waals surface area contributed by atoms with Crippen molar-refractivity contribution in [3.8, 4) is 27.9 Å². The summed E-state index contributed by atoms with van der Waals surface area (Å²) in [4.78, 5) is 2.39. The Morgan fingerprint density at radius 1 is 0.364 bits per heavy atom. The van der Waals surface area contributed by atoms with Gasteiger partial charge in [0.2, 0.25) is 0 Å². The van der Waals surface area contributed by atoms with Crippen LogP contribution in [0.25, 0.3) is 82.5 Å². The van der Waals surface area contributed by atoms with Crippen molar-refractivity contribution in [1.29, 1.82) is 0 Å². The Morgan fingerprint density at radius 2 is 0.964 bits per heavy atom. The molecule has 0 N–H and O–H groups in total. The molecule has 258 valence electrons. The third-order valence-corrected chi connectivity index (χ3v) is 11.0. The average Bonchev–Trinajstić information content (AvgIpc) is 3.81. The summed E-state index contributed by atoms with van der Waals surface area (Å²) in [6.07, 6.45) is 0. The van der Waals surface area contributed by atoms with E-state index in [-0.39, 0.29) is 0 Å².